The number of hydrogen-bond acceptors (Lipinski definition) is 4. The number of epoxide rings is 1. The lowest BCUT2D eigenvalue weighted by atomic mass is 10.1. The Labute approximate surface area is 62.5 Å². The van der Waals surface area contributed by atoms with E-state index in [1.165, 1.54) is 0 Å². The molecule has 0 spiro atoms. The molecule has 3 rings (SSSR count). The number of Topliss-reactive ketones (excluding diaryl/α,β-unsaturated/α-hetero) is 1. The number of ketones is 1. The van der Waals surface area contributed by atoms with Crippen LogP contribution in [0.1, 0.15) is 0 Å². The predicted molar refractivity (Wildman–Crippen MR) is 31.9 cm³/mol. The fourth-order valence-corrected chi connectivity index (χ4v) is 1.51. The van der Waals surface area contributed by atoms with Gasteiger partial charge in [0.25, 0.3) is 0 Å². The van der Waals surface area contributed by atoms with Crippen molar-refractivity contribution in [3.63, 3.8) is 0 Å². The molecule has 2 bridgehead atoms. The average molecular weight is 160 g/mol. The molecule has 3 aliphatic heterocycles. The Bertz CT molecular complexity index is 203. The van der Waals surface area contributed by atoms with Gasteiger partial charge in [-0.2, -0.15) is 0 Å². The van der Waals surface area contributed by atoms with E-state index in [0.29, 0.717) is 6.61 Å². The predicted octanol–water partition coefficient (Wildman–Crippen LogP) is -1.75. The Morgan fingerprint density at radius 2 is 2.18 bits per heavy atom. The third-order valence-corrected chi connectivity index (χ3v) is 2.11. The summed E-state index contributed by atoms with van der Waals surface area (Å²) >= 11 is 0. The highest BCUT2D eigenvalue weighted by Crippen LogP contribution is 2.38. The van der Waals surface area contributed by atoms with Gasteiger partial charge < -0.3 is 19.7 Å². The Hall–Kier alpha value is -0.490. The van der Waals surface area contributed by atoms with Gasteiger partial charge in [-0.1, -0.05) is 0 Å². The van der Waals surface area contributed by atoms with Crippen molar-refractivity contribution in [2.24, 2.45) is 0 Å². The van der Waals surface area contributed by atoms with Crippen LogP contribution in [0.5, 0.6) is 0 Å². The van der Waals surface area contributed by atoms with E-state index >= 15 is 0 Å². The number of ether oxygens (including phenoxy) is 3. The van der Waals surface area contributed by atoms with Gasteiger partial charge in [-0.25, -0.2) is 0 Å². The summed E-state index contributed by atoms with van der Waals surface area (Å²) in [6.07, 6.45) is -0.793. The molecule has 11 heavy (non-hydrogen) atoms. The Morgan fingerprint density at radius 3 is 3.00 bits per heavy atom. The van der Waals surface area contributed by atoms with E-state index in [9.17, 15) is 4.79 Å². The van der Waals surface area contributed by atoms with Gasteiger partial charge in [0.05, 0.1) is 6.61 Å². The molecule has 0 saturated carbocycles. The maximum atomic E-state index is 11.0. The summed E-state index contributed by atoms with van der Waals surface area (Å²) < 4.78 is 15.3. The van der Waals surface area contributed by atoms with Crippen molar-refractivity contribution in [3.8, 4) is 0 Å². The molecule has 2 N–H and O–H groups in total. The van der Waals surface area contributed by atoms with Gasteiger partial charge >= 0.3 is 0 Å². The van der Waals surface area contributed by atoms with Crippen molar-refractivity contribution in [3.05, 3.63) is 0 Å². The average Bonchev–Trinajstić information content (AvgIpc) is 2.61. The maximum Gasteiger partial charge on any atom is 0.221 e. The van der Waals surface area contributed by atoms with Crippen LogP contribution < -0.4 is 0 Å². The first kappa shape index (κ1) is 7.17. The topological polar surface area (TPSA) is 79.6 Å². The molecule has 5 heteroatoms. The van der Waals surface area contributed by atoms with Crippen LogP contribution in [-0.2, 0) is 19.0 Å². The third-order valence-electron chi connectivity index (χ3n) is 2.11. The van der Waals surface area contributed by atoms with E-state index in [1.807, 2.05) is 0 Å². The van der Waals surface area contributed by atoms with E-state index in [2.05, 4.69) is 0 Å². The molecule has 0 aromatic carbocycles. The standard InChI is InChI=1S/C6H6O4.H2O/c7-3-5-4(10-5)2-1-8-6(3)9-2;/h2,4-6H,1H2;1H2/t2-,4+,5-,6-;/m1./s1. The normalized spacial score (nSPS) is 51.5. The van der Waals surface area contributed by atoms with Crippen LogP contribution in [0.4, 0.5) is 0 Å². The Kier molecular flexibility index (Phi) is 1.31. The minimum absolute atomic E-state index is 0. The lowest BCUT2D eigenvalue weighted by Gasteiger charge is -2.11. The molecule has 3 fully saturated rings. The molecule has 0 aliphatic carbocycles. The summed E-state index contributed by atoms with van der Waals surface area (Å²) in [6.45, 7) is 0.511. The number of carbonyl (C=O) groups is 1. The Morgan fingerprint density at radius 1 is 1.36 bits per heavy atom. The highest BCUT2D eigenvalue weighted by atomic mass is 16.8. The molecule has 0 aromatic rings. The van der Waals surface area contributed by atoms with E-state index in [0.717, 1.165) is 0 Å². The van der Waals surface area contributed by atoms with Gasteiger partial charge in [-0.3, -0.25) is 4.79 Å². The molecular weight excluding hydrogens is 152 g/mol. The lowest BCUT2D eigenvalue weighted by Crippen LogP contribution is -2.35. The fraction of sp³-hybridized carbons (Fsp3) is 0.833. The minimum Gasteiger partial charge on any atom is -0.412 e. The zero-order valence-corrected chi connectivity index (χ0v) is 5.65. The second kappa shape index (κ2) is 2.01. The van der Waals surface area contributed by atoms with Crippen LogP contribution in [0.3, 0.4) is 0 Å². The van der Waals surface area contributed by atoms with Gasteiger partial charge in [0.2, 0.25) is 12.1 Å². The van der Waals surface area contributed by atoms with E-state index in [1.54, 1.807) is 0 Å². The van der Waals surface area contributed by atoms with E-state index in [4.69, 9.17) is 14.2 Å². The molecular formula is C6H8O5. The summed E-state index contributed by atoms with van der Waals surface area (Å²) in [5.41, 5.74) is 0. The van der Waals surface area contributed by atoms with Crippen molar-refractivity contribution in [1.29, 1.82) is 0 Å². The molecule has 3 aliphatic rings. The summed E-state index contributed by atoms with van der Waals surface area (Å²) in [4.78, 5) is 11.0. The third kappa shape index (κ3) is 0.763. The second-order valence-corrected chi connectivity index (χ2v) is 2.76. The van der Waals surface area contributed by atoms with Crippen LogP contribution in [-0.4, -0.2) is 42.5 Å². The summed E-state index contributed by atoms with van der Waals surface area (Å²) in [5, 5.41) is 0. The molecule has 3 heterocycles. The van der Waals surface area contributed by atoms with Gasteiger partial charge in [-0.15, -0.1) is 0 Å². The van der Waals surface area contributed by atoms with E-state index < -0.39 is 6.29 Å². The SMILES string of the molecule is O.O=C1[C@@H]2OC[C@@H](O2)[C@@H]2O[C@H]12. The number of carbonyl (C=O) groups excluding carboxylic acids is 1. The molecule has 5 nitrogen and oxygen atoms in total. The Balaban J connectivity index is 0.000000480. The van der Waals surface area contributed by atoms with Crippen molar-refractivity contribution < 1.29 is 24.5 Å². The van der Waals surface area contributed by atoms with Gasteiger partial charge in [0.15, 0.2) is 6.10 Å². The molecule has 3 saturated heterocycles. The minimum atomic E-state index is -0.617. The number of rotatable bonds is 0. The summed E-state index contributed by atoms with van der Waals surface area (Å²) in [6, 6.07) is 0. The fourth-order valence-electron chi connectivity index (χ4n) is 1.51. The van der Waals surface area contributed by atoms with Gasteiger partial charge in [0.1, 0.15) is 12.2 Å². The van der Waals surface area contributed by atoms with Gasteiger partial charge in [0, 0.05) is 0 Å². The zero-order valence-electron chi connectivity index (χ0n) is 5.65. The van der Waals surface area contributed by atoms with Crippen molar-refractivity contribution in [2.75, 3.05) is 6.61 Å². The van der Waals surface area contributed by atoms with Crippen LogP contribution in [0, 0.1) is 0 Å². The zero-order chi connectivity index (χ0) is 6.72. The first-order chi connectivity index (χ1) is 4.86. The monoisotopic (exact) mass is 160 g/mol. The van der Waals surface area contributed by atoms with Crippen LogP contribution in [0.25, 0.3) is 0 Å². The molecule has 4 atom stereocenters. The molecule has 0 radical (unpaired) electrons. The smallest absolute Gasteiger partial charge is 0.221 e. The molecule has 0 aromatic heterocycles. The lowest BCUT2D eigenvalue weighted by molar-refractivity contribution is -0.149. The first-order valence-corrected chi connectivity index (χ1v) is 3.32. The first-order valence-electron chi connectivity index (χ1n) is 3.32. The number of fused-ring (bicyclic) bond motifs is 4. The molecule has 0 unspecified atom stereocenters. The van der Waals surface area contributed by atoms with Gasteiger partial charge in [-0.05, 0) is 0 Å². The van der Waals surface area contributed by atoms with Crippen molar-refractivity contribution in [1.82, 2.24) is 0 Å². The van der Waals surface area contributed by atoms with Crippen LogP contribution in [0.15, 0.2) is 0 Å². The largest absolute Gasteiger partial charge is 0.412 e. The number of hydrogen-bond donors (Lipinski definition) is 0. The van der Waals surface area contributed by atoms with Crippen LogP contribution in [0.2, 0.25) is 0 Å². The highest BCUT2D eigenvalue weighted by Gasteiger charge is 2.61. The van der Waals surface area contributed by atoms with Crippen molar-refractivity contribution >= 4 is 5.78 Å². The van der Waals surface area contributed by atoms with Crippen molar-refractivity contribution in [2.45, 2.75) is 24.6 Å². The van der Waals surface area contributed by atoms with Crippen LogP contribution >= 0.6 is 0 Å². The maximum absolute atomic E-state index is 11.0. The summed E-state index contributed by atoms with van der Waals surface area (Å²) in [5.74, 6) is -0.0428. The molecule has 0 amide bonds. The summed E-state index contributed by atoms with van der Waals surface area (Å²) in [7, 11) is 0. The van der Waals surface area contributed by atoms with E-state index in [-0.39, 0.29) is 29.6 Å². The highest BCUT2D eigenvalue weighted by molar-refractivity contribution is 5.90. The second-order valence-electron chi connectivity index (χ2n) is 2.76. The quantitative estimate of drug-likeness (QED) is 0.394. The molecule has 62 valence electrons.